The van der Waals surface area contributed by atoms with Crippen LogP contribution in [0, 0.1) is 0 Å². The normalized spacial score (nSPS) is 17.3. The second kappa shape index (κ2) is 9.88. The quantitative estimate of drug-likeness (QED) is 0.794. The van der Waals surface area contributed by atoms with Gasteiger partial charge in [-0.15, -0.1) is 36.6 Å². The Labute approximate surface area is 146 Å². The average Bonchev–Trinajstić information content (AvgIpc) is 2.45. The van der Waals surface area contributed by atoms with Crippen molar-refractivity contribution in [1.29, 1.82) is 0 Å². The van der Waals surface area contributed by atoms with E-state index in [1.807, 2.05) is 35.4 Å². The molecule has 1 aliphatic heterocycles. The Bertz CT molecular complexity index is 423. The van der Waals surface area contributed by atoms with Gasteiger partial charge in [0.2, 0.25) is 0 Å². The van der Waals surface area contributed by atoms with Crippen LogP contribution in [0.2, 0.25) is 0 Å². The van der Waals surface area contributed by atoms with Crippen molar-refractivity contribution < 1.29 is 13.2 Å². The maximum atomic E-state index is 12.8. The number of halogens is 5. The molecule has 128 valence electrons. The van der Waals surface area contributed by atoms with Crippen LogP contribution in [0.15, 0.2) is 29.2 Å². The number of benzene rings is 1. The third kappa shape index (κ3) is 6.54. The monoisotopic (exact) mass is 376 g/mol. The van der Waals surface area contributed by atoms with Gasteiger partial charge in [-0.1, -0.05) is 12.1 Å². The molecule has 0 aromatic heterocycles. The highest BCUT2D eigenvalue weighted by atomic mass is 35.5. The fourth-order valence-electron chi connectivity index (χ4n) is 2.50. The molecule has 22 heavy (non-hydrogen) atoms. The first-order valence-electron chi connectivity index (χ1n) is 6.65. The predicted molar refractivity (Wildman–Crippen MR) is 90.6 cm³/mol. The van der Waals surface area contributed by atoms with Crippen molar-refractivity contribution in [2.24, 2.45) is 0 Å². The van der Waals surface area contributed by atoms with Gasteiger partial charge in [-0.3, -0.25) is 4.90 Å². The molecule has 1 aromatic carbocycles. The highest BCUT2D eigenvalue weighted by Gasteiger charge is 2.35. The van der Waals surface area contributed by atoms with Gasteiger partial charge in [-0.2, -0.15) is 13.2 Å². The molecule has 0 bridgehead atoms. The summed E-state index contributed by atoms with van der Waals surface area (Å²) in [7, 11) is 0. The van der Waals surface area contributed by atoms with Crippen LogP contribution in [0.25, 0.3) is 0 Å². The maximum Gasteiger partial charge on any atom is 0.390 e. The molecule has 8 heteroatoms. The lowest BCUT2D eigenvalue weighted by atomic mass is 10.0. The Morgan fingerprint density at radius 2 is 1.68 bits per heavy atom. The Balaban J connectivity index is 0.00000220. The molecule has 2 nitrogen and oxygen atoms in total. The van der Waals surface area contributed by atoms with Crippen LogP contribution in [0.3, 0.4) is 0 Å². The van der Waals surface area contributed by atoms with E-state index in [9.17, 15) is 13.2 Å². The van der Waals surface area contributed by atoms with E-state index in [4.69, 9.17) is 0 Å². The zero-order valence-corrected chi connectivity index (χ0v) is 14.7. The topological polar surface area (TPSA) is 15.3 Å². The van der Waals surface area contributed by atoms with Crippen molar-refractivity contribution in [1.82, 2.24) is 10.2 Å². The standard InChI is InChI=1S/C14H19F3N2S.2ClH/c1-20-12-4-2-11(3-5-12)13(10-14(15,16)17)19-8-6-18-7-9-19;;/h2-5,13,18H,6-10H2,1H3;2*1H/t13-;;/m0../s1. The van der Waals surface area contributed by atoms with Gasteiger partial charge in [-0.05, 0) is 24.0 Å². The fourth-order valence-corrected chi connectivity index (χ4v) is 2.91. The van der Waals surface area contributed by atoms with E-state index in [1.54, 1.807) is 11.8 Å². The Hall–Kier alpha value is -0.140. The number of nitrogens with zero attached hydrogens (tertiary/aromatic N) is 1. The highest BCUT2D eigenvalue weighted by molar-refractivity contribution is 7.98. The third-order valence-electron chi connectivity index (χ3n) is 3.52. The van der Waals surface area contributed by atoms with E-state index in [0.717, 1.165) is 23.5 Å². The van der Waals surface area contributed by atoms with Gasteiger partial charge in [0.05, 0.1) is 6.42 Å². The van der Waals surface area contributed by atoms with Crippen LogP contribution in [-0.4, -0.2) is 43.5 Å². The van der Waals surface area contributed by atoms with Crippen molar-refractivity contribution in [3.05, 3.63) is 29.8 Å². The molecule has 0 saturated carbocycles. The van der Waals surface area contributed by atoms with Gasteiger partial charge < -0.3 is 5.32 Å². The summed E-state index contributed by atoms with van der Waals surface area (Å²) in [6, 6.07) is 6.86. The molecule has 1 atom stereocenters. The predicted octanol–water partition coefficient (Wildman–Crippen LogP) is 4.15. The molecule has 0 spiro atoms. The smallest absolute Gasteiger partial charge is 0.314 e. The summed E-state index contributed by atoms with van der Waals surface area (Å²) in [4.78, 5) is 3.00. The second-order valence-electron chi connectivity index (χ2n) is 4.89. The molecule has 1 aliphatic rings. The molecule has 1 saturated heterocycles. The second-order valence-corrected chi connectivity index (χ2v) is 5.77. The summed E-state index contributed by atoms with van der Waals surface area (Å²) in [5, 5.41) is 3.18. The van der Waals surface area contributed by atoms with E-state index in [-0.39, 0.29) is 24.8 Å². The Morgan fingerprint density at radius 3 is 2.14 bits per heavy atom. The van der Waals surface area contributed by atoms with Crippen LogP contribution in [-0.2, 0) is 0 Å². The molecular weight excluding hydrogens is 356 g/mol. The molecule has 1 heterocycles. The molecule has 2 rings (SSSR count). The summed E-state index contributed by atoms with van der Waals surface area (Å²) in [6.07, 6.45) is -2.97. The molecule has 1 aromatic rings. The van der Waals surface area contributed by atoms with Crippen molar-refractivity contribution in [3.63, 3.8) is 0 Å². The molecular formula is C14H21Cl2F3N2S. The SMILES string of the molecule is CSc1ccc([C@H](CC(F)(F)F)N2CCNCC2)cc1.Cl.Cl. The number of hydrogen-bond acceptors (Lipinski definition) is 3. The summed E-state index contributed by atoms with van der Waals surface area (Å²) in [6.45, 7) is 2.81. The molecule has 0 unspecified atom stereocenters. The number of hydrogen-bond donors (Lipinski definition) is 1. The van der Waals surface area contributed by atoms with Gasteiger partial charge >= 0.3 is 6.18 Å². The summed E-state index contributed by atoms with van der Waals surface area (Å²) < 4.78 is 38.5. The zero-order valence-electron chi connectivity index (χ0n) is 12.2. The van der Waals surface area contributed by atoms with Crippen LogP contribution in [0.1, 0.15) is 18.0 Å². The van der Waals surface area contributed by atoms with Crippen molar-refractivity contribution in [2.45, 2.75) is 23.5 Å². The van der Waals surface area contributed by atoms with Crippen LogP contribution < -0.4 is 5.32 Å². The molecule has 0 amide bonds. The van der Waals surface area contributed by atoms with Gasteiger partial charge in [-0.25, -0.2) is 0 Å². The minimum atomic E-state index is -4.15. The number of alkyl halides is 3. The van der Waals surface area contributed by atoms with Crippen LogP contribution in [0.4, 0.5) is 13.2 Å². The van der Waals surface area contributed by atoms with Crippen molar-refractivity contribution in [2.75, 3.05) is 32.4 Å². The Kier molecular flexibility index (Phi) is 9.82. The van der Waals surface area contributed by atoms with E-state index in [0.29, 0.717) is 13.1 Å². The van der Waals surface area contributed by atoms with E-state index >= 15 is 0 Å². The number of piperazine rings is 1. The lowest BCUT2D eigenvalue weighted by Crippen LogP contribution is -2.46. The average molecular weight is 377 g/mol. The number of rotatable bonds is 4. The zero-order chi connectivity index (χ0) is 14.6. The van der Waals surface area contributed by atoms with Crippen molar-refractivity contribution in [3.8, 4) is 0 Å². The third-order valence-corrected chi connectivity index (χ3v) is 4.26. The molecule has 0 aliphatic carbocycles. The fraction of sp³-hybridized carbons (Fsp3) is 0.571. The molecule has 1 fully saturated rings. The molecule has 1 N–H and O–H groups in total. The summed E-state index contributed by atoms with van der Waals surface area (Å²) in [5.41, 5.74) is 0.752. The first-order valence-corrected chi connectivity index (χ1v) is 7.87. The maximum absolute atomic E-state index is 12.8. The van der Waals surface area contributed by atoms with Crippen molar-refractivity contribution >= 4 is 36.6 Å². The minimum Gasteiger partial charge on any atom is -0.314 e. The first kappa shape index (κ1) is 21.9. The first-order chi connectivity index (χ1) is 9.49. The van der Waals surface area contributed by atoms with Crippen LogP contribution >= 0.6 is 36.6 Å². The van der Waals surface area contributed by atoms with E-state index < -0.39 is 18.6 Å². The summed E-state index contributed by atoms with van der Waals surface area (Å²) in [5.74, 6) is 0. The van der Waals surface area contributed by atoms with Gasteiger partial charge in [0, 0.05) is 37.1 Å². The lowest BCUT2D eigenvalue weighted by Gasteiger charge is -2.35. The number of thioether (sulfide) groups is 1. The highest BCUT2D eigenvalue weighted by Crippen LogP contribution is 2.34. The van der Waals surface area contributed by atoms with E-state index in [2.05, 4.69) is 5.32 Å². The largest absolute Gasteiger partial charge is 0.390 e. The van der Waals surface area contributed by atoms with Crippen LogP contribution in [0.5, 0.6) is 0 Å². The van der Waals surface area contributed by atoms with Gasteiger partial charge in [0.15, 0.2) is 0 Å². The molecule has 0 radical (unpaired) electrons. The minimum absolute atomic E-state index is 0. The van der Waals surface area contributed by atoms with Gasteiger partial charge in [0.25, 0.3) is 0 Å². The van der Waals surface area contributed by atoms with E-state index in [1.165, 1.54) is 0 Å². The lowest BCUT2D eigenvalue weighted by molar-refractivity contribution is -0.148. The summed E-state index contributed by atoms with van der Waals surface area (Å²) >= 11 is 1.59. The number of nitrogens with one attached hydrogen (secondary N) is 1. The van der Waals surface area contributed by atoms with Gasteiger partial charge in [0.1, 0.15) is 0 Å². The Morgan fingerprint density at radius 1 is 1.14 bits per heavy atom.